The first kappa shape index (κ1) is 21.3. The molecule has 3 rings (SSSR count). The average molecular weight is 448 g/mol. The smallest absolute Gasteiger partial charge is 0.353 e. The molecule has 0 saturated carbocycles. The quantitative estimate of drug-likeness (QED) is 0.282. The van der Waals surface area contributed by atoms with Gasteiger partial charge in [-0.25, -0.2) is 14.8 Å². The molecule has 0 spiro atoms. The molecule has 9 nitrogen and oxygen atoms in total. The third-order valence-electron chi connectivity index (χ3n) is 3.86. The zero-order valence-electron chi connectivity index (χ0n) is 15.6. The molecule has 1 heterocycles. The molecule has 0 radical (unpaired) electrons. The normalized spacial score (nSPS) is 10.4. The Morgan fingerprint density at radius 2 is 1.77 bits per heavy atom. The fourth-order valence-electron chi connectivity index (χ4n) is 2.56. The fourth-order valence-corrected chi connectivity index (χ4v) is 3.02. The first-order valence-electron chi connectivity index (χ1n) is 8.65. The Balaban J connectivity index is 2.00. The molecule has 0 atom stereocenters. The molecule has 3 aromatic rings. The molecule has 30 heavy (non-hydrogen) atoms. The van der Waals surface area contributed by atoms with E-state index in [1.165, 1.54) is 6.07 Å². The van der Waals surface area contributed by atoms with E-state index in [0.717, 1.165) is 6.33 Å². The highest BCUT2D eigenvalue weighted by molar-refractivity contribution is 6.36. The number of halogens is 2. The average Bonchev–Trinajstić information content (AvgIpc) is 2.70. The molecule has 0 saturated heterocycles. The van der Waals surface area contributed by atoms with Crippen LogP contribution in [0.4, 0.5) is 28.7 Å². The summed E-state index contributed by atoms with van der Waals surface area (Å²) in [5.74, 6) is -0.765. The van der Waals surface area contributed by atoms with Crippen LogP contribution in [-0.2, 0) is 4.74 Å². The van der Waals surface area contributed by atoms with Crippen LogP contribution in [0.3, 0.4) is 0 Å². The number of carbonyl (C=O) groups is 1. The van der Waals surface area contributed by atoms with Crippen LogP contribution in [0.15, 0.2) is 48.8 Å². The van der Waals surface area contributed by atoms with E-state index in [0.29, 0.717) is 16.4 Å². The van der Waals surface area contributed by atoms with Crippen molar-refractivity contribution in [1.29, 1.82) is 0 Å². The second-order valence-electron chi connectivity index (χ2n) is 5.82. The van der Waals surface area contributed by atoms with Gasteiger partial charge in [-0.1, -0.05) is 35.3 Å². The van der Waals surface area contributed by atoms with Gasteiger partial charge in [0.15, 0.2) is 0 Å². The van der Waals surface area contributed by atoms with E-state index in [9.17, 15) is 14.9 Å². The Labute approximate surface area is 181 Å². The first-order valence-corrected chi connectivity index (χ1v) is 9.41. The Hall–Kier alpha value is -3.43. The van der Waals surface area contributed by atoms with Crippen molar-refractivity contribution in [3.05, 3.63) is 74.5 Å². The van der Waals surface area contributed by atoms with Crippen LogP contribution < -0.4 is 10.6 Å². The van der Waals surface area contributed by atoms with E-state index < -0.39 is 16.6 Å². The van der Waals surface area contributed by atoms with E-state index in [4.69, 9.17) is 27.9 Å². The highest BCUT2D eigenvalue weighted by Gasteiger charge is 2.25. The number of anilines is 4. The summed E-state index contributed by atoms with van der Waals surface area (Å²) in [7, 11) is 0. The number of hydrogen-bond acceptors (Lipinski definition) is 8. The van der Waals surface area contributed by atoms with Crippen molar-refractivity contribution in [2.24, 2.45) is 0 Å². The lowest BCUT2D eigenvalue weighted by atomic mass is 10.2. The summed E-state index contributed by atoms with van der Waals surface area (Å²) in [4.78, 5) is 31.3. The maximum Gasteiger partial charge on any atom is 0.353 e. The largest absolute Gasteiger partial charge is 0.462 e. The number of ether oxygens (including phenoxy) is 1. The summed E-state index contributed by atoms with van der Waals surface area (Å²) in [5.41, 5.74) is 0.457. The molecule has 0 aliphatic carbocycles. The number of nitrogens with one attached hydrogen (secondary N) is 2. The van der Waals surface area contributed by atoms with Crippen LogP contribution in [0.1, 0.15) is 17.3 Å². The fraction of sp³-hybridized carbons (Fsp3) is 0.105. The van der Waals surface area contributed by atoms with Crippen molar-refractivity contribution >= 4 is 57.9 Å². The number of nitro groups is 1. The highest BCUT2D eigenvalue weighted by Crippen LogP contribution is 2.36. The van der Waals surface area contributed by atoms with Crippen LogP contribution in [-0.4, -0.2) is 27.5 Å². The second kappa shape index (κ2) is 9.38. The third kappa shape index (κ3) is 4.76. The number of nitrogens with zero attached hydrogens (tertiary/aromatic N) is 3. The van der Waals surface area contributed by atoms with E-state index in [1.807, 2.05) is 0 Å². The molecule has 0 fully saturated rings. The lowest BCUT2D eigenvalue weighted by Crippen LogP contribution is -2.10. The van der Waals surface area contributed by atoms with Crippen molar-refractivity contribution < 1.29 is 14.5 Å². The minimum Gasteiger partial charge on any atom is -0.462 e. The predicted octanol–water partition coefficient (Wildman–Crippen LogP) is 5.36. The number of benzene rings is 2. The molecule has 154 valence electrons. The van der Waals surface area contributed by atoms with Gasteiger partial charge in [0.1, 0.15) is 6.33 Å². The number of carbonyl (C=O) groups excluding carboxylic acids is 1. The number of rotatable bonds is 7. The Kier molecular flexibility index (Phi) is 6.65. The van der Waals surface area contributed by atoms with Gasteiger partial charge in [0.25, 0.3) is 0 Å². The van der Waals surface area contributed by atoms with Gasteiger partial charge in [0.2, 0.25) is 11.6 Å². The van der Waals surface area contributed by atoms with Gasteiger partial charge in [-0.15, -0.1) is 0 Å². The number of hydrogen-bond donors (Lipinski definition) is 2. The topological polar surface area (TPSA) is 119 Å². The summed E-state index contributed by atoms with van der Waals surface area (Å²) >= 11 is 12.0. The lowest BCUT2D eigenvalue weighted by molar-refractivity contribution is -0.383. The minimum atomic E-state index is -0.637. The Morgan fingerprint density at radius 1 is 1.10 bits per heavy atom. The molecule has 2 aromatic carbocycles. The Bertz CT molecular complexity index is 1110. The SMILES string of the molecule is CCOC(=O)c1ccccc1Nc1ncnc(Nc2ccc(Cl)cc2Cl)c1[N+](=O)[O-]. The maximum atomic E-state index is 12.2. The molecule has 11 heteroatoms. The molecule has 0 amide bonds. The van der Waals surface area contributed by atoms with E-state index in [1.54, 1.807) is 43.3 Å². The summed E-state index contributed by atoms with van der Waals surface area (Å²) in [6.07, 6.45) is 1.15. The first-order chi connectivity index (χ1) is 14.4. The van der Waals surface area contributed by atoms with Crippen LogP contribution in [0.25, 0.3) is 0 Å². The second-order valence-corrected chi connectivity index (χ2v) is 6.66. The van der Waals surface area contributed by atoms with E-state index in [-0.39, 0.29) is 28.8 Å². The van der Waals surface area contributed by atoms with Crippen molar-refractivity contribution in [1.82, 2.24) is 9.97 Å². The molecular weight excluding hydrogens is 433 g/mol. The van der Waals surface area contributed by atoms with Crippen LogP contribution in [0.5, 0.6) is 0 Å². The van der Waals surface area contributed by atoms with Gasteiger partial charge in [-0.2, -0.15) is 0 Å². The van der Waals surface area contributed by atoms with Crippen LogP contribution >= 0.6 is 23.2 Å². The standard InChI is InChI=1S/C19H15Cl2N5O4/c1-2-30-19(27)12-5-3-4-6-14(12)24-17-16(26(28)29)18(23-10-22-17)25-15-8-7-11(20)9-13(15)21/h3-10H,2H2,1H3,(H2,22,23,24,25). The summed E-state index contributed by atoms with van der Waals surface area (Å²) in [6.45, 7) is 1.87. The third-order valence-corrected chi connectivity index (χ3v) is 4.41. The number of aromatic nitrogens is 2. The van der Waals surface area contributed by atoms with Gasteiger partial charge < -0.3 is 15.4 Å². The maximum absolute atomic E-state index is 12.2. The zero-order chi connectivity index (χ0) is 21.7. The molecule has 0 bridgehead atoms. The van der Waals surface area contributed by atoms with E-state index in [2.05, 4.69) is 20.6 Å². The molecule has 0 aliphatic rings. The Morgan fingerprint density at radius 3 is 2.40 bits per heavy atom. The van der Waals surface area contributed by atoms with Gasteiger partial charge >= 0.3 is 11.7 Å². The molecule has 0 aliphatic heterocycles. The summed E-state index contributed by atoms with van der Waals surface area (Å²) < 4.78 is 5.03. The minimum absolute atomic E-state index is 0.0876. The number of esters is 1. The van der Waals surface area contributed by atoms with Crippen molar-refractivity contribution in [2.75, 3.05) is 17.2 Å². The van der Waals surface area contributed by atoms with Gasteiger partial charge in [0, 0.05) is 5.02 Å². The van der Waals surface area contributed by atoms with Crippen molar-refractivity contribution in [2.45, 2.75) is 6.92 Å². The van der Waals surface area contributed by atoms with E-state index >= 15 is 0 Å². The predicted molar refractivity (Wildman–Crippen MR) is 114 cm³/mol. The molecule has 1 aromatic heterocycles. The van der Waals surface area contributed by atoms with Gasteiger partial charge in [0.05, 0.1) is 33.5 Å². The number of para-hydroxylation sites is 1. The van der Waals surface area contributed by atoms with Crippen molar-refractivity contribution in [3.63, 3.8) is 0 Å². The zero-order valence-corrected chi connectivity index (χ0v) is 17.1. The van der Waals surface area contributed by atoms with Crippen LogP contribution in [0.2, 0.25) is 10.0 Å². The molecular formula is C19H15Cl2N5O4. The summed E-state index contributed by atoms with van der Waals surface area (Å²) in [6, 6.07) is 11.1. The van der Waals surface area contributed by atoms with Gasteiger partial charge in [-0.05, 0) is 37.3 Å². The van der Waals surface area contributed by atoms with Crippen LogP contribution in [0, 0.1) is 10.1 Å². The monoisotopic (exact) mass is 447 g/mol. The summed E-state index contributed by atoms with van der Waals surface area (Å²) in [5, 5.41) is 18.1. The lowest BCUT2D eigenvalue weighted by Gasteiger charge is -2.13. The van der Waals surface area contributed by atoms with Crippen molar-refractivity contribution in [3.8, 4) is 0 Å². The van der Waals surface area contributed by atoms with Gasteiger partial charge in [-0.3, -0.25) is 10.1 Å². The molecule has 2 N–H and O–H groups in total. The highest BCUT2D eigenvalue weighted by atomic mass is 35.5. The molecule has 0 unspecified atom stereocenters.